The Morgan fingerprint density at radius 1 is 0.879 bits per heavy atom. The van der Waals surface area contributed by atoms with Crippen molar-refractivity contribution in [3.63, 3.8) is 0 Å². The van der Waals surface area contributed by atoms with Crippen LogP contribution in [0.15, 0.2) is 84.9 Å². The lowest BCUT2D eigenvalue weighted by atomic mass is 9.93. The second-order valence-electron chi connectivity index (χ2n) is 9.07. The van der Waals surface area contributed by atoms with Gasteiger partial charge in [-0.2, -0.15) is 0 Å². The molecule has 1 fully saturated rings. The first kappa shape index (κ1) is 23.1. The number of amides is 1. The summed E-state index contributed by atoms with van der Waals surface area (Å²) in [5, 5.41) is 3.09. The first-order chi connectivity index (χ1) is 16.2. The molecule has 0 atom stereocenters. The molecular formula is C29H35N3O. The maximum absolute atomic E-state index is 12.4. The van der Waals surface area contributed by atoms with E-state index < -0.39 is 0 Å². The van der Waals surface area contributed by atoms with E-state index in [4.69, 9.17) is 0 Å². The quantitative estimate of drug-likeness (QED) is 0.473. The van der Waals surface area contributed by atoms with E-state index in [9.17, 15) is 4.79 Å². The van der Waals surface area contributed by atoms with Crippen LogP contribution in [0, 0.1) is 12.8 Å². The third-order valence-corrected chi connectivity index (χ3v) is 6.57. The van der Waals surface area contributed by atoms with Gasteiger partial charge >= 0.3 is 0 Å². The van der Waals surface area contributed by atoms with E-state index in [1.807, 2.05) is 0 Å². The number of aryl methyl sites for hydroxylation is 1. The maximum Gasteiger partial charge on any atom is 0.220 e. The van der Waals surface area contributed by atoms with E-state index in [1.165, 1.54) is 16.9 Å². The average molecular weight is 442 g/mol. The van der Waals surface area contributed by atoms with Gasteiger partial charge in [-0.3, -0.25) is 4.79 Å². The van der Waals surface area contributed by atoms with Crippen molar-refractivity contribution in [2.24, 2.45) is 5.92 Å². The molecule has 0 bridgehead atoms. The lowest BCUT2D eigenvalue weighted by Gasteiger charge is -2.34. The number of nitrogens with one attached hydrogen (secondary N) is 1. The molecule has 33 heavy (non-hydrogen) atoms. The molecule has 0 unspecified atom stereocenters. The molecule has 1 amide bonds. The standard InChI is InChI=1S/C29H35N3O/c1-24-12-14-26(15-13-24)23-30-29(33)22-25-16-18-31(19-17-25)20-21-32(27-8-4-2-5-9-27)28-10-6-3-7-11-28/h2-15,25H,16-23H2,1H3,(H,30,33). The van der Waals surface area contributed by atoms with Crippen LogP contribution in [0.4, 0.5) is 11.4 Å². The molecule has 0 aliphatic carbocycles. The summed E-state index contributed by atoms with van der Waals surface area (Å²) in [6.07, 6.45) is 2.82. The highest BCUT2D eigenvalue weighted by atomic mass is 16.1. The second-order valence-corrected chi connectivity index (χ2v) is 9.07. The molecule has 4 nitrogen and oxygen atoms in total. The third kappa shape index (κ3) is 6.93. The Kier molecular flexibility index (Phi) is 8.15. The van der Waals surface area contributed by atoms with Crippen molar-refractivity contribution in [2.75, 3.05) is 31.1 Å². The van der Waals surface area contributed by atoms with Crippen LogP contribution in [-0.2, 0) is 11.3 Å². The fraction of sp³-hybridized carbons (Fsp3) is 0.345. The Labute approximate surface area is 198 Å². The molecule has 3 aromatic rings. The van der Waals surface area contributed by atoms with Crippen molar-refractivity contribution in [1.29, 1.82) is 0 Å². The number of carbonyl (C=O) groups excluding carboxylic acids is 1. The van der Waals surface area contributed by atoms with Crippen LogP contribution < -0.4 is 10.2 Å². The van der Waals surface area contributed by atoms with Gasteiger partial charge in [0.25, 0.3) is 0 Å². The highest BCUT2D eigenvalue weighted by molar-refractivity contribution is 5.76. The number of hydrogen-bond acceptors (Lipinski definition) is 3. The zero-order valence-electron chi connectivity index (χ0n) is 19.6. The summed E-state index contributed by atoms with van der Waals surface area (Å²) < 4.78 is 0. The second kappa shape index (κ2) is 11.7. The van der Waals surface area contributed by atoms with Gasteiger partial charge in [0.05, 0.1) is 0 Å². The van der Waals surface area contributed by atoms with Crippen molar-refractivity contribution in [3.8, 4) is 0 Å². The Morgan fingerprint density at radius 3 is 2.03 bits per heavy atom. The monoisotopic (exact) mass is 441 g/mol. The van der Waals surface area contributed by atoms with Crippen LogP contribution in [-0.4, -0.2) is 37.0 Å². The smallest absolute Gasteiger partial charge is 0.220 e. The highest BCUT2D eigenvalue weighted by Gasteiger charge is 2.22. The summed E-state index contributed by atoms with van der Waals surface area (Å²) in [7, 11) is 0. The number of rotatable bonds is 9. The number of anilines is 2. The number of carbonyl (C=O) groups is 1. The van der Waals surface area contributed by atoms with Gasteiger partial charge in [-0.15, -0.1) is 0 Å². The first-order valence-electron chi connectivity index (χ1n) is 12.1. The normalized spacial score (nSPS) is 14.7. The van der Waals surface area contributed by atoms with Crippen molar-refractivity contribution < 1.29 is 4.79 Å². The fourth-order valence-electron chi connectivity index (χ4n) is 4.52. The summed E-state index contributed by atoms with van der Waals surface area (Å²) in [6.45, 7) is 6.80. The van der Waals surface area contributed by atoms with E-state index >= 15 is 0 Å². The molecule has 1 aliphatic rings. The SMILES string of the molecule is Cc1ccc(CNC(=O)CC2CCN(CCN(c3ccccc3)c3ccccc3)CC2)cc1. The van der Waals surface area contributed by atoms with Crippen molar-refractivity contribution >= 4 is 17.3 Å². The van der Waals surface area contributed by atoms with Gasteiger partial charge in [0.2, 0.25) is 5.91 Å². The summed E-state index contributed by atoms with van der Waals surface area (Å²) in [4.78, 5) is 17.4. The van der Waals surface area contributed by atoms with Gasteiger partial charge in [-0.25, -0.2) is 0 Å². The van der Waals surface area contributed by atoms with Crippen LogP contribution in [0.25, 0.3) is 0 Å². The lowest BCUT2D eigenvalue weighted by Crippen LogP contribution is -2.39. The minimum atomic E-state index is 0.174. The van der Waals surface area contributed by atoms with Gasteiger partial charge in [-0.1, -0.05) is 66.2 Å². The minimum Gasteiger partial charge on any atom is -0.352 e. The number of benzene rings is 3. The lowest BCUT2D eigenvalue weighted by molar-refractivity contribution is -0.122. The molecule has 0 saturated carbocycles. The molecule has 4 rings (SSSR count). The molecule has 1 saturated heterocycles. The molecule has 4 heteroatoms. The zero-order valence-corrected chi connectivity index (χ0v) is 19.6. The van der Waals surface area contributed by atoms with Gasteiger partial charge in [0.1, 0.15) is 0 Å². The van der Waals surface area contributed by atoms with Crippen LogP contribution in [0.3, 0.4) is 0 Å². The Bertz CT molecular complexity index is 941. The van der Waals surface area contributed by atoms with E-state index in [2.05, 4.69) is 107 Å². The topological polar surface area (TPSA) is 35.6 Å². The van der Waals surface area contributed by atoms with Crippen LogP contribution >= 0.6 is 0 Å². The number of hydrogen-bond donors (Lipinski definition) is 1. The van der Waals surface area contributed by atoms with Gasteiger partial charge in [0.15, 0.2) is 0 Å². The van der Waals surface area contributed by atoms with Crippen molar-refractivity contribution in [2.45, 2.75) is 32.7 Å². The van der Waals surface area contributed by atoms with Gasteiger partial charge in [-0.05, 0) is 68.6 Å². The fourth-order valence-corrected chi connectivity index (χ4v) is 4.52. The molecule has 1 N–H and O–H groups in total. The number of nitrogens with zero attached hydrogens (tertiary/aromatic N) is 2. The summed E-state index contributed by atoms with van der Waals surface area (Å²) in [5.74, 6) is 0.659. The number of para-hydroxylation sites is 2. The van der Waals surface area contributed by atoms with Crippen molar-refractivity contribution in [3.05, 3.63) is 96.1 Å². The highest BCUT2D eigenvalue weighted by Crippen LogP contribution is 2.25. The molecule has 0 aromatic heterocycles. The largest absolute Gasteiger partial charge is 0.352 e. The number of likely N-dealkylation sites (tertiary alicyclic amines) is 1. The average Bonchev–Trinajstić information content (AvgIpc) is 2.86. The predicted octanol–water partition coefficient (Wildman–Crippen LogP) is 5.55. The van der Waals surface area contributed by atoms with Crippen LogP contribution in [0.5, 0.6) is 0 Å². The molecule has 0 spiro atoms. The molecule has 1 heterocycles. The minimum absolute atomic E-state index is 0.174. The van der Waals surface area contributed by atoms with E-state index in [1.54, 1.807) is 0 Å². The summed E-state index contributed by atoms with van der Waals surface area (Å²) in [5.41, 5.74) is 4.85. The van der Waals surface area contributed by atoms with Crippen molar-refractivity contribution in [1.82, 2.24) is 10.2 Å². The summed E-state index contributed by atoms with van der Waals surface area (Å²) in [6, 6.07) is 29.6. The first-order valence-corrected chi connectivity index (χ1v) is 12.1. The van der Waals surface area contributed by atoms with Crippen LogP contribution in [0.1, 0.15) is 30.4 Å². The van der Waals surface area contributed by atoms with E-state index in [0.717, 1.165) is 44.6 Å². The Morgan fingerprint density at radius 2 is 1.45 bits per heavy atom. The third-order valence-electron chi connectivity index (χ3n) is 6.57. The molecular weight excluding hydrogens is 406 g/mol. The molecule has 3 aromatic carbocycles. The Hall–Kier alpha value is -3.11. The maximum atomic E-state index is 12.4. The number of piperidine rings is 1. The molecule has 172 valence electrons. The van der Waals surface area contributed by atoms with E-state index in [0.29, 0.717) is 18.9 Å². The Balaban J connectivity index is 1.22. The van der Waals surface area contributed by atoms with Gasteiger partial charge < -0.3 is 15.1 Å². The molecule has 0 radical (unpaired) electrons. The zero-order chi connectivity index (χ0) is 22.9. The molecule has 1 aliphatic heterocycles. The van der Waals surface area contributed by atoms with Crippen LogP contribution in [0.2, 0.25) is 0 Å². The predicted molar refractivity (Wildman–Crippen MR) is 137 cm³/mol. The van der Waals surface area contributed by atoms with E-state index in [-0.39, 0.29) is 5.91 Å². The summed E-state index contributed by atoms with van der Waals surface area (Å²) >= 11 is 0. The van der Waals surface area contributed by atoms with Gasteiger partial charge in [0, 0.05) is 37.4 Å².